The summed E-state index contributed by atoms with van der Waals surface area (Å²) in [5, 5.41) is 7.42. The Bertz CT molecular complexity index is 1150. The fourth-order valence-corrected chi connectivity index (χ4v) is 4.02. The lowest BCUT2D eigenvalue weighted by molar-refractivity contribution is 0.0432. The van der Waals surface area contributed by atoms with E-state index >= 15 is 0 Å². The zero-order valence-corrected chi connectivity index (χ0v) is 15.5. The Labute approximate surface area is 160 Å². The van der Waals surface area contributed by atoms with E-state index in [0.29, 0.717) is 16.1 Å². The quantitative estimate of drug-likeness (QED) is 0.449. The van der Waals surface area contributed by atoms with Crippen molar-refractivity contribution >= 4 is 51.2 Å². The zero-order valence-electron chi connectivity index (χ0n) is 13.1. The predicted octanol–water partition coefficient (Wildman–Crippen LogP) is 4.99. The van der Waals surface area contributed by atoms with Crippen molar-refractivity contribution in [3.8, 4) is 10.6 Å². The summed E-state index contributed by atoms with van der Waals surface area (Å²) < 4.78 is 10.7. The van der Waals surface area contributed by atoms with Gasteiger partial charge in [-0.1, -0.05) is 11.6 Å². The average molecular weight is 404 g/mol. The lowest BCUT2D eigenvalue weighted by Crippen LogP contribution is -2.10. The highest BCUT2D eigenvalue weighted by molar-refractivity contribution is 7.14. The number of ether oxygens (including phenoxy) is 1. The first-order valence-corrected chi connectivity index (χ1v) is 9.68. The van der Waals surface area contributed by atoms with Gasteiger partial charge in [-0.05, 0) is 29.6 Å². The highest BCUT2D eigenvalue weighted by Crippen LogP contribution is 2.26. The van der Waals surface area contributed by atoms with Gasteiger partial charge in [-0.15, -0.1) is 11.3 Å². The highest BCUT2D eigenvalue weighted by Gasteiger charge is 2.15. The maximum Gasteiger partial charge on any atom is 0.374 e. The molecule has 4 aromatic rings. The number of benzene rings is 1. The van der Waals surface area contributed by atoms with Gasteiger partial charge in [0.25, 0.3) is 0 Å². The molecule has 0 atom stereocenters. The van der Waals surface area contributed by atoms with Gasteiger partial charge in [0.2, 0.25) is 5.76 Å². The Hall–Kier alpha value is -2.48. The van der Waals surface area contributed by atoms with E-state index in [2.05, 4.69) is 4.98 Å². The molecule has 0 N–H and O–H groups in total. The van der Waals surface area contributed by atoms with Crippen LogP contribution in [0.15, 0.2) is 55.7 Å². The minimum Gasteiger partial charge on any atom is -0.453 e. The molecule has 0 spiro atoms. The fraction of sp³-hybridized carbons (Fsp3) is 0.0556. The van der Waals surface area contributed by atoms with Crippen molar-refractivity contribution in [3.63, 3.8) is 0 Å². The SMILES string of the molecule is O=C(OCc1csc(-c2ccsc2)n1)c1cc(=O)c2cc(Cl)ccc2o1. The van der Waals surface area contributed by atoms with E-state index in [0.717, 1.165) is 16.6 Å². The van der Waals surface area contributed by atoms with Crippen molar-refractivity contribution in [1.82, 2.24) is 4.98 Å². The number of hydrogen-bond donors (Lipinski definition) is 0. The molecule has 3 heterocycles. The van der Waals surface area contributed by atoms with Crippen molar-refractivity contribution in [2.24, 2.45) is 0 Å². The van der Waals surface area contributed by atoms with Crippen LogP contribution in [-0.2, 0) is 11.3 Å². The van der Waals surface area contributed by atoms with Gasteiger partial charge in [0.1, 0.15) is 17.2 Å². The monoisotopic (exact) mass is 403 g/mol. The number of carbonyl (C=O) groups excluding carboxylic acids is 1. The van der Waals surface area contributed by atoms with Crippen LogP contribution in [0.3, 0.4) is 0 Å². The van der Waals surface area contributed by atoms with Crippen LogP contribution >= 0.6 is 34.3 Å². The maximum atomic E-state index is 12.2. The second-order valence-electron chi connectivity index (χ2n) is 5.35. The minimum atomic E-state index is -0.718. The third kappa shape index (κ3) is 3.41. The van der Waals surface area contributed by atoms with Gasteiger partial charge in [-0.2, -0.15) is 11.3 Å². The Morgan fingerprint density at radius 2 is 2.12 bits per heavy atom. The number of fused-ring (bicyclic) bond motifs is 1. The van der Waals surface area contributed by atoms with Crippen molar-refractivity contribution in [2.45, 2.75) is 6.61 Å². The standard InChI is InChI=1S/C18H10ClNO4S2/c19-11-1-2-15-13(5-11)14(21)6-16(24-15)18(22)23-7-12-9-26-17(20-12)10-3-4-25-8-10/h1-6,8-9H,7H2. The van der Waals surface area contributed by atoms with Gasteiger partial charge in [-0.3, -0.25) is 4.79 Å². The van der Waals surface area contributed by atoms with E-state index in [4.69, 9.17) is 20.8 Å². The molecule has 0 unspecified atom stereocenters. The summed E-state index contributed by atoms with van der Waals surface area (Å²) in [6.45, 7) is 0.00182. The number of hydrogen-bond acceptors (Lipinski definition) is 7. The number of thiazole rings is 1. The van der Waals surface area contributed by atoms with Crippen molar-refractivity contribution in [3.05, 3.63) is 73.2 Å². The smallest absolute Gasteiger partial charge is 0.374 e. The lowest BCUT2D eigenvalue weighted by atomic mass is 10.2. The van der Waals surface area contributed by atoms with Gasteiger partial charge >= 0.3 is 5.97 Å². The van der Waals surface area contributed by atoms with Crippen LogP contribution in [0.25, 0.3) is 21.5 Å². The van der Waals surface area contributed by atoms with Crippen LogP contribution < -0.4 is 5.43 Å². The zero-order chi connectivity index (χ0) is 18.1. The number of esters is 1. The Balaban J connectivity index is 1.51. The van der Waals surface area contributed by atoms with Crippen LogP contribution in [-0.4, -0.2) is 11.0 Å². The highest BCUT2D eigenvalue weighted by atomic mass is 35.5. The third-order valence-corrected chi connectivity index (χ3v) is 5.42. The number of halogens is 1. The molecule has 0 saturated carbocycles. The molecule has 0 radical (unpaired) electrons. The number of thiophene rings is 1. The molecule has 0 saturated heterocycles. The van der Waals surface area contributed by atoms with Gasteiger partial charge in [0.15, 0.2) is 5.43 Å². The van der Waals surface area contributed by atoms with Crippen molar-refractivity contribution in [2.75, 3.05) is 0 Å². The van der Waals surface area contributed by atoms with E-state index in [-0.39, 0.29) is 23.4 Å². The molecule has 130 valence electrons. The molecule has 0 fully saturated rings. The van der Waals surface area contributed by atoms with Gasteiger partial charge in [0.05, 0.1) is 11.1 Å². The first-order chi connectivity index (χ1) is 12.6. The molecule has 0 aliphatic heterocycles. The number of aromatic nitrogens is 1. The average Bonchev–Trinajstić information content (AvgIpc) is 3.31. The normalized spacial score (nSPS) is 11.0. The van der Waals surface area contributed by atoms with Crippen LogP contribution in [0, 0.1) is 0 Å². The van der Waals surface area contributed by atoms with E-state index in [9.17, 15) is 9.59 Å². The summed E-state index contributed by atoms with van der Waals surface area (Å²) in [5.74, 6) is -0.873. The first kappa shape index (κ1) is 17.0. The summed E-state index contributed by atoms with van der Waals surface area (Å²) in [6.07, 6.45) is 0. The second kappa shape index (κ2) is 7.03. The van der Waals surface area contributed by atoms with Gasteiger partial charge in [0, 0.05) is 27.4 Å². The van der Waals surface area contributed by atoms with Crippen LogP contribution in [0.1, 0.15) is 16.2 Å². The molecule has 3 aromatic heterocycles. The molecule has 1 aromatic carbocycles. The van der Waals surface area contributed by atoms with Crippen LogP contribution in [0.5, 0.6) is 0 Å². The predicted molar refractivity (Wildman–Crippen MR) is 102 cm³/mol. The molecule has 0 bridgehead atoms. The van der Waals surface area contributed by atoms with Crippen molar-refractivity contribution < 1.29 is 13.9 Å². The lowest BCUT2D eigenvalue weighted by Gasteiger charge is -2.04. The summed E-state index contributed by atoms with van der Waals surface area (Å²) in [4.78, 5) is 28.8. The first-order valence-electron chi connectivity index (χ1n) is 7.48. The fourth-order valence-electron chi connectivity index (χ4n) is 2.33. The molecule has 26 heavy (non-hydrogen) atoms. The molecule has 0 aliphatic carbocycles. The van der Waals surface area contributed by atoms with Gasteiger partial charge in [-0.25, -0.2) is 9.78 Å². The summed E-state index contributed by atoms with van der Waals surface area (Å²) >= 11 is 8.94. The molecular weight excluding hydrogens is 394 g/mol. The summed E-state index contributed by atoms with van der Waals surface area (Å²) in [6, 6.07) is 7.72. The number of nitrogens with zero attached hydrogens (tertiary/aromatic N) is 1. The molecule has 0 amide bonds. The van der Waals surface area contributed by atoms with Crippen LogP contribution in [0.2, 0.25) is 5.02 Å². The van der Waals surface area contributed by atoms with E-state index < -0.39 is 5.97 Å². The van der Waals surface area contributed by atoms with Crippen molar-refractivity contribution in [1.29, 1.82) is 0 Å². The summed E-state index contributed by atoms with van der Waals surface area (Å²) in [7, 11) is 0. The maximum absolute atomic E-state index is 12.2. The van der Waals surface area contributed by atoms with E-state index in [1.807, 2.05) is 22.2 Å². The van der Waals surface area contributed by atoms with E-state index in [1.54, 1.807) is 23.5 Å². The second-order valence-corrected chi connectivity index (χ2v) is 7.42. The summed E-state index contributed by atoms with van der Waals surface area (Å²) in [5.41, 5.74) is 1.60. The van der Waals surface area contributed by atoms with E-state index in [1.165, 1.54) is 17.4 Å². The van der Waals surface area contributed by atoms with Gasteiger partial charge < -0.3 is 9.15 Å². The topological polar surface area (TPSA) is 69.4 Å². The Morgan fingerprint density at radius 3 is 2.92 bits per heavy atom. The molecule has 0 aliphatic rings. The molecule has 5 nitrogen and oxygen atoms in total. The number of rotatable bonds is 4. The Kier molecular flexibility index (Phi) is 4.58. The molecular formula is C18H10ClNO4S2. The Morgan fingerprint density at radius 1 is 1.23 bits per heavy atom. The number of carbonyl (C=O) groups is 1. The largest absolute Gasteiger partial charge is 0.453 e. The molecule has 4 rings (SSSR count). The molecule has 8 heteroatoms. The van der Waals surface area contributed by atoms with Crippen LogP contribution in [0.4, 0.5) is 0 Å². The third-order valence-electron chi connectivity index (χ3n) is 3.56. The minimum absolute atomic E-state index is 0.00182.